The van der Waals surface area contributed by atoms with Crippen LogP contribution in [0.2, 0.25) is 0 Å². The lowest BCUT2D eigenvalue weighted by Crippen LogP contribution is -2.26. The minimum Gasteiger partial charge on any atom is -0.300 e. The number of ketones is 1. The third kappa shape index (κ3) is 2.35. The molecule has 1 fully saturated rings. The van der Waals surface area contributed by atoms with Gasteiger partial charge in [-0.1, -0.05) is 0 Å². The highest BCUT2D eigenvalue weighted by Gasteiger charge is 2.30. The number of nitro groups is 1. The first-order valence-corrected chi connectivity index (χ1v) is 6.27. The first-order chi connectivity index (χ1) is 8.41. The monoisotopic (exact) mass is 314 g/mol. The van der Waals surface area contributed by atoms with Crippen molar-refractivity contribution >= 4 is 27.4 Å². The summed E-state index contributed by atoms with van der Waals surface area (Å²) in [6.07, 6.45) is 2.84. The molecular formula is C11H11BrN2O4. The summed E-state index contributed by atoms with van der Waals surface area (Å²) < 4.78 is 1.25. The van der Waals surface area contributed by atoms with E-state index in [-0.39, 0.29) is 34.0 Å². The van der Waals surface area contributed by atoms with Crippen LogP contribution in [0.4, 0.5) is 5.69 Å². The zero-order chi connectivity index (χ0) is 13.4. The predicted octanol–water partition coefficient (Wildman–Crippen LogP) is 1.81. The maximum atomic E-state index is 11.9. The highest BCUT2D eigenvalue weighted by molar-refractivity contribution is 9.10. The third-order valence-electron chi connectivity index (χ3n) is 3.00. The summed E-state index contributed by atoms with van der Waals surface area (Å²) in [4.78, 5) is 33.8. The smallest absolute Gasteiger partial charge is 0.289 e. The summed E-state index contributed by atoms with van der Waals surface area (Å²) in [5.41, 5.74) is -0.294. The number of Topliss-reactive ketones (excluding diaryl/α,β-unsaturated/α-hetero) is 1. The van der Waals surface area contributed by atoms with Crippen LogP contribution in [0.3, 0.4) is 0 Å². The first-order valence-electron chi connectivity index (χ1n) is 5.48. The molecule has 1 heterocycles. The molecule has 1 aliphatic carbocycles. The van der Waals surface area contributed by atoms with Crippen molar-refractivity contribution in [2.45, 2.75) is 26.3 Å². The van der Waals surface area contributed by atoms with Gasteiger partial charge >= 0.3 is 0 Å². The van der Waals surface area contributed by atoms with Crippen LogP contribution in [-0.2, 0) is 11.3 Å². The van der Waals surface area contributed by atoms with E-state index >= 15 is 0 Å². The van der Waals surface area contributed by atoms with Gasteiger partial charge in [0.05, 0.1) is 22.1 Å². The Hall–Kier alpha value is -1.50. The SMILES string of the molecule is Cc1c([N+](=O)[O-])cn(CC(=O)C2CC2)c(=O)c1Br. The fourth-order valence-electron chi connectivity index (χ4n) is 1.71. The molecule has 96 valence electrons. The summed E-state index contributed by atoms with van der Waals surface area (Å²) >= 11 is 3.04. The largest absolute Gasteiger partial charge is 0.300 e. The van der Waals surface area contributed by atoms with E-state index in [1.807, 2.05) is 0 Å². The van der Waals surface area contributed by atoms with Gasteiger partial charge < -0.3 is 4.57 Å². The van der Waals surface area contributed by atoms with Crippen LogP contribution in [0.1, 0.15) is 18.4 Å². The van der Waals surface area contributed by atoms with Crippen molar-refractivity contribution in [1.29, 1.82) is 0 Å². The number of rotatable bonds is 4. The lowest BCUT2D eigenvalue weighted by Gasteiger charge is -2.07. The number of carbonyl (C=O) groups is 1. The van der Waals surface area contributed by atoms with Gasteiger partial charge in [0.1, 0.15) is 0 Å². The fraction of sp³-hybridized carbons (Fsp3) is 0.455. The van der Waals surface area contributed by atoms with Crippen LogP contribution in [0, 0.1) is 23.0 Å². The van der Waals surface area contributed by atoms with Crippen molar-refractivity contribution in [3.8, 4) is 0 Å². The topological polar surface area (TPSA) is 82.2 Å². The minimum atomic E-state index is -0.558. The van der Waals surface area contributed by atoms with Crippen molar-refractivity contribution in [3.63, 3.8) is 0 Å². The average molecular weight is 315 g/mol. The van der Waals surface area contributed by atoms with Crippen molar-refractivity contribution in [1.82, 2.24) is 4.57 Å². The van der Waals surface area contributed by atoms with Gasteiger partial charge in [0, 0.05) is 11.5 Å². The highest BCUT2D eigenvalue weighted by atomic mass is 79.9. The maximum Gasteiger partial charge on any atom is 0.289 e. The number of carbonyl (C=O) groups excluding carboxylic acids is 1. The highest BCUT2D eigenvalue weighted by Crippen LogP contribution is 2.30. The molecule has 1 aliphatic rings. The molecule has 0 unspecified atom stereocenters. The Morgan fingerprint density at radius 1 is 1.61 bits per heavy atom. The molecule has 0 saturated heterocycles. The normalized spacial score (nSPS) is 14.6. The van der Waals surface area contributed by atoms with Crippen LogP contribution in [-0.4, -0.2) is 15.3 Å². The summed E-state index contributed by atoms with van der Waals surface area (Å²) in [7, 11) is 0. The number of hydrogen-bond acceptors (Lipinski definition) is 4. The molecular weight excluding hydrogens is 304 g/mol. The van der Waals surface area contributed by atoms with Gasteiger partial charge in [0.25, 0.3) is 11.2 Å². The zero-order valence-corrected chi connectivity index (χ0v) is 11.3. The molecule has 0 N–H and O–H groups in total. The number of nitrogens with zero attached hydrogens (tertiary/aromatic N) is 2. The minimum absolute atomic E-state index is 0.0241. The first kappa shape index (κ1) is 12.9. The zero-order valence-electron chi connectivity index (χ0n) is 9.68. The molecule has 1 aromatic rings. The Kier molecular flexibility index (Phi) is 3.34. The molecule has 0 amide bonds. The van der Waals surface area contributed by atoms with Gasteiger partial charge in [-0.3, -0.25) is 19.7 Å². The maximum absolute atomic E-state index is 11.9. The molecule has 0 spiro atoms. The molecule has 0 aliphatic heterocycles. The van der Waals surface area contributed by atoms with Gasteiger partial charge in [-0.05, 0) is 35.7 Å². The van der Waals surface area contributed by atoms with Crippen molar-refractivity contribution in [2.24, 2.45) is 5.92 Å². The number of aromatic nitrogens is 1. The Bertz CT molecular complexity index is 589. The number of halogens is 1. The van der Waals surface area contributed by atoms with Crippen LogP contribution in [0.25, 0.3) is 0 Å². The van der Waals surface area contributed by atoms with E-state index in [1.165, 1.54) is 6.92 Å². The molecule has 0 aromatic carbocycles. The van der Waals surface area contributed by atoms with E-state index in [4.69, 9.17) is 0 Å². The molecule has 0 bridgehead atoms. The van der Waals surface area contributed by atoms with Gasteiger partial charge in [0.15, 0.2) is 5.78 Å². The van der Waals surface area contributed by atoms with E-state index in [0.717, 1.165) is 23.6 Å². The molecule has 1 aromatic heterocycles. The van der Waals surface area contributed by atoms with Crippen molar-refractivity contribution in [3.05, 3.63) is 36.7 Å². The van der Waals surface area contributed by atoms with Crippen molar-refractivity contribution < 1.29 is 9.72 Å². The quantitative estimate of drug-likeness (QED) is 0.627. The Balaban J connectivity index is 2.43. The second kappa shape index (κ2) is 4.64. The van der Waals surface area contributed by atoms with Crippen LogP contribution in [0.5, 0.6) is 0 Å². The summed E-state index contributed by atoms with van der Waals surface area (Å²) in [5.74, 6) is -0.0156. The van der Waals surface area contributed by atoms with Crippen LogP contribution < -0.4 is 5.56 Å². The fourth-order valence-corrected chi connectivity index (χ4v) is 2.14. The number of pyridine rings is 1. The third-order valence-corrected chi connectivity index (χ3v) is 3.93. The summed E-state index contributed by atoms with van der Waals surface area (Å²) in [5, 5.41) is 10.9. The van der Waals surface area contributed by atoms with E-state index in [0.29, 0.717) is 0 Å². The predicted molar refractivity (Wildman–Crippen MR) is 67.5 cm³/mol. The second-order valence-electron chi connectivity index (χ2n) is 4.38. The molecule has 0 radical (unpaired) electrons. The molecule has 1 saturated carbocycles. The molecule has 0 atom stereocenters. The average Bonchev–Trinajstić information content (AvgIpc) is 3.13. The number of hydrogen-bond donors (Lipinski definition) is 0. The lowest BCUT2D eigenvalue weighted by atomic mass is 10.2. The standard InChI is InChI=1S/C11H11BrN2O4/c1-6-8(14(17)18)4-13(11(16)10(6)12)5-9(15)7-2-3-7/h4,7H,2-3,5H2,1H3. The van der Waals surface area contributed by atoms with E-state index in [9.17, 15) is 19.7 Å². The molecule has 18 heavy (non-hydrogen) atoms. The lowest BCUT2D eigenvalue weighted by molar-refractivity contribution is -0.386. The Morgan fingerprint density at radius 2 is 2.22 bits per heavy atom. The van der Waals surface area contributed by atoms with Gasteiger partial charge in [-0.15, -0.1) is 0 Å². The Labute approximate surface area is 111 Å². The molecule has 2 rings (SSSR count). The van der Waals surface area contributed by atoms with Gasteiger partial charge in [-0.25, -0.2) is 0 Å². The van der Waals surface area contributed by atoms with Crippen LogP contribution in [0.15, 0.2) is 15.5 Å². The summed E-state index contributed by atoms with van der Waals surface area (Å²) in [6, 6.07) is 0. The molecule has 6 nitrogen and oxygen atoms in total. The second-order valence-corrected chi connectivity index (χ2v) is 5.18. The Morgan fingerprint density at radius 3 is 2.72 bits per heavy atom. The van der Waals surface area contributed by atoms with Gasteiger partial charge in [-0.2, -0.15) is 0 Å². The van der Waals surface area contributed by atoms with Gasteiger partial charge in [0.2, 0.25) is 0 Å². The molecule has 7 heteroatoms. The van der Waals surface area contributed by atoms with Crippen LogP contribution >= 0.6 is 15.9 Å². The van der Waals surface area contributed by atoms with E-state index in [1.54, 1.807) is 0 Å². The van der Waals surface area contributed by atoms with E-state index < -0.39 is 10.5 Å². The van der Waals surface area contributed by atoms with E-state index in [2.05, 4.69) is 15.9 Å². The summed E-state index contributed by atoms with van der Waals surface area (Å²) in [6.45, 7) is 1.40. The van der Waals surface area contributed by atoms with Crippen molar-refractivity contribution in [2.75, 3.05) is 0 Å².